The Morgan fingerprint density at radius 2 is 1.20 bits per heavy atom. The van der Waals surface area contributed by atoms with Gasteiger partial charge in [-0.2, -0.15) is 5.10 Å². The molecule has 1 saturated heterocycles. The molecular formula is C43H37FN4O2. The van der Waals surface area contributed by atoms with Gasteiger partial charge >= 0.3 is 0 Å². The van der Waals surface area contributed by atoms with Gasteiger partial charge in [0.15, 0.2) is 0 Å². The van der Waals surface area contributed by atoms with Gasteiger partial charge < -0.3 is 14.4 Å². The molecule has 0 aliphatic carbocycles. The molecule has 0 bridgehead atoms. The predicted octanol–water partition coefficient (Wildman–Crippen LogP) is 8.59. The molecule has 2 aromatic heterocycles. The van der Waals surface area contributed by atoms with Gasteiger partial charge in [0, 0.05) is 61.9 Å². The van der Waals surface area contributed by atoms with Crippen molar-refractivity contribution >= 4 is 16.6 Å². The average Bonchev–Trinajstić information content (AvgIpc) is 3.82. The average molecular weight is 661 g/mol. The first-order valence-electron chi connectivity index (χ1n) is 16.8. The van der Waals surface area contributed by atoms with Gasteiger partial charge in [0.2, 0.25) is 0 Å². The summed E-state index contributed by atoms with van der Waals surface area (Å²) in [5, 5.41) is 6.47. The van der Waals surface area contributed by atoms with Crippen LogP contribution in [0.1, 0.15) is 16.7 Å². The molecular weight excluding hydrogens is 623 g/mol. The van der Waals surface area contributed by atoms with Crippen molar-refractivity contribution in [3.8, 4) is 22.4 Å². The standard InChI is InChI=1S/C43H37FN4O2/c1-49-40-28-47(29-41(40)50-2)39-24-25-45-38-23-20-31(26-36(38)39)37-27-48(46-42(37)30-18-21-35(44)22-19-30)43(32-12-6-3-7-13-32,33-14-8-4-9-15-33)34-16-10-5-11-17-34/h3-27,40-41H,28-29H2,1-2H3. The third-order valence-corrected chi connectivity index (χ3v) is 9.94. The van der Waals surface area contributed by atoms with Gasteiger partial charge in [-0.25, -0.2) is 4.39 Å². The van der Waals surface area contributed by atoms with Crippen molar-refractivity contribution < 1.29 is 13.9 Å². The minimum Gasteiger partial charge on any atom is -0.377 e. The van der Waals surface area contributed by atoms with E-state index in [1.54, 1.807) is 26.4 Å². The minimum absolute atomic E-state index is 0.0307. The summed E-state index contributed by atoms with van der Waals surface area (Å²) < 4.78 is 27.9. The van der Waals surface area contributed by atoms with E-state index in [2.05, 4.69) is 113 Å². The third-order valence-electron chi connectivity index (χ3n) is 9.94. The van der Waals surface area contributed by atoms with Crippen LogP contribution in [-0.4, -0.2) is 54.3 Å². The Balaban J connectivity index is 1.38. The normalized spacial score (nSPS) is 16.3. The van der Waals surface area contributed by atoms with Crippen LogP contribution in [0.5, 0.6) is 0 Å². The summed E-state index contributed by atoms with van der Waals surface area (Å²) >= 11 is 0. The Morgan fingerprint density at radius 3 is 1.74 bits per heavy atom. The van der Waals surface area contributed by atoms with Crippen LogP contribution >= 0.6 is 0 Å². The number of nitrogens with zero attached hydrogens (tertiary/aromatic N) is 4. The molecule has 0 N–H and O–H groups in total. The molecule has 0 spiro atoms. The smallest absolute Gasteiger partial charge is 0.138 e. The van der Waals surface area contributed by atoms with Gasteiger partial charge in [0.25, 0.3) is 0 Å². The van der Waals surface area contributed by atoms with Crippen LogP contribution in [0, 0.1) is 5.82 Å². The van der Waals surface area contributed by atoms with E-state index in [1.165, 1.54) is 12.1 Å². The first-order chi connectivity index (χ1) is 24.6. The van der Waals surface area contributed by atoms with Gasteiger partial charge in [0.05, 0.1) is 5.52 Å². The number of anilines is 1. The molecule has 0 radical (unpaired) electrons. The van der Waals surface area contributed by atoms with E-state index in [0.29, 0.717) is 13.1 Å². The maximum Gasteiger partial charge on any atom is 0.138 e. The van der Waals surface area contributed by atoms with Crippen LogP contribution in [-0.2, 0) is 15.0 Å². The molecule has 7 aromatic rings. The van der Waals surface area contributed by atoms with Crippen molar-refractivity contribution in [2.45, 2.75) is 17.7 Å². The zero-order chi connectivity index (χ0) is 34.1. The summed E-state index contributed by atoms with van der Waals surface area (Å²) in [6.07, 6.45) is 3.93. The maximum atomic E-state index is 14.3. The van der Waals surface area contributed by atoms with Crippen LogP contribution in [0.2, 0.25) is 0 Å². The molecule has 1 aliphatic rings. The zero-order valence-electron chi connectivity index (χ0n) is 28.0. The van der Waals surface area contributed by atoms with Crippen LogP contribution in [0.25, 0.3) is 33.3 Å². The number of pyridine rings is 1. The van der Waals surface area contributed by atoms with E-state index >= 15 is 0 Å². The SMILES string of the molecule is COC1CN(c2ccnc3ccc(-c4cn(C(c5ccccc5)(c5ccccc5)c5ccccc5)nc4-c4ccc(F)cc4)cc23)CC1OC. The molecule has 0 amide bonds. The fraction of sp³-hybridized carbons (Fsp3) is 0.163. The highest BCUT2D eigenvalue weighted by Crippen LogP contribution is 2.44. The van der Waals surface area contributed by atoms with Crippen LogP contribution < -0.4 is 4.90 Å². The second-order valence-electron chi connectivity index (χ2n) is 12.7. The number of rotatable bonds is 9. The second-order valence-corrected chi connectivity index (χ2v) is 12.7. The van der Waals surface area contributed by atoms with E-state index in [9.17, 15) is 4.39 Å². The first-order valence-corrected chi connectivity index (χ1v) is 16.8. The summed E-state index contributed by atoms with van der Waals surface area (Å²) in [7, 11) is 3.47. The van der Waals surface area contributed by atoms with E-state index in [-0.39, 0.29) is 18.0 Å². The molecule has 1 aliphatic heterocycles. The monoisotopic (exact) mass is 660 g/mol. The highest BCUT2D eigenvalue weighted by Gasteiger charge is 2.40. The topological polar surface area (TPSA) is 52.4 Å². The Hall–Kier alpha value is -5.63. The minimum atomic E-state index is -0.819. The van der Waals surface area contributed by atoms with Crippen LogP contribution in [0.3, 0.4) is 0 Å². The van der Waals surface area contributed by atoms with Crippen molar-refractivity contribution in [2.24, 2.45) is 0 Å². The van der Waals surface area contributed by atoms with Crippen molar-refractivity contribution in [3.05, 3.63) is 174 Å². The Bertz CT molecular complexity index is 2110. The maximum absolute atomic E-state index is 14.3. The molecule has 0 saturated carbocycles. The van der Waals surface area contributed by atoms with Crippen molar-refractivity contribution in [3.63, 3.8) is 0 Å². The number of aromatic nitrogens is 3. The second kappa shape index (κ2) is 13.3. The Kier molecular flexibility index (Phi) is 8.44. The predicted molar refractivity (Wildman–Crippen MR) is 197 cm³/mol. The van der Waals surface area contributed by atoms with E-state index < -0.39 is 5.54 Å². The molecule has 50 heavy (non-hydrogen) atoms. The van der Waals surface area contributed by atoms with Crippen molar-refractivity contribution in [1.29, 1.82) is 0 Å². The number of halogens is 1. The molecule has 1 fully saturated rings. The highest BCUT2D eigenvalue weighted by atomic mass is 19.1. The summed E-state index contributed by atoms with van der Waals surface area (Å²) in [5.41, 5.74) is 7.81. The number of benzene rings is 5. The summed E-state index contributed by atoms with van der Waals surface area (Å²) in [6, 6.07) is 46.5. The molecule has 3 heterocycles. The van der Waals surface area contributed by atoms with Gasteiger partial charge in [-0.1, -0.05) is 97.1 Å². The van der Waals surface area contributed by atoms with E-state index in [1.807, 2.05) is 24.4 Å². The van der Waals surface area contributed by atoms with E-state index in [4.69, 9.17) is 19.6 Å². The molecule has 7 heteroatoms. The van der Waals surface area contributed by atoms with Gasteiger partial charge in [-0.15, -0.1) is 0 Å². The summed E-state index contributed by atoms with van der Waals surface area (Å²) in [6.45, 7) is 1.43. The molecule has 248 valence electrons. The Morgan fingerprint density at radius 1 is 0.660 bits per heavy atom. The lowest BCUT2D eigenvalue weighted by Gasteiger charge is -2.36. The number of fused-ring (bicyclic) bond motifs is 1. The lowest BCUT2D eigenvalue weighted by Crippen LogP contribution is -2.38. The summed E-state index contributed by atoms with van der Waals surface area (Å²) in [5.74, 6) is -0.294. The molecule has 2 unspecified atom stereocenters. The lowest BCUT2D eigenvalue weighted by atomic mass is 9.77. The quantitative estimate of drug-likeness (QED) is 0.145. The van der Waals surface area contributed by atoms with E-state index in [0.717, 1.165) is 55.7 Å². The fourth-order valence-corrected chi connectivity index (χ4v) is 7.48. The molecule has 6 nitrogen and oxygen atoms in total. The number of hydrogen-bond donors (Lipinski definition) is 0. The largest absolute Gasteiger partial charge is 0.377 e. The van der Waals surface area contributed by atoms with Gasteiger partial charge in [0.1, 0.15) is 29.3 Å². The van der Waals surface area contributed by atoms with Crippen LogP contribution in [0.4, 0.5) is 10.1 Å². The number of ether oxygens (including phenoxy) is 2. The first kappa shape index (κ1) is 31.6. The molecule has 5 aromatic carbocycles. The molecule has 8 rings (SSSR count). The number of hydrogen-bond acceptors (Lipinski definition) is 5. The lowest BCUT2D eigenvalue weighted by molar-refractivity contribution is -0.00461. The zero-order valence-corrected chi connectivity index (χ0v) is 28.0. The molecule has 2 atom stereocenters. The van der Waals surface area contributed by atoms with Crippen LogP contribution in [0.15, 0.2) is 152 Å². The highest BCUT2D eigenvalue weighted by molar-refractivity contribution is 5.96. The third kappa shape index (κ3) is 5.45. The van der Waals surface area contributed by atoms with Crippen molar-refractivity contribution in [1.82, 2.24) is 14.8 Å². The van der Waals surface area contributed by atoms with Crippen molar-refractivity contribution in [2.75, 3.05) is 32.2 Å². The Labute approximate surface area is 291 Å². The number of methoxy groups -OCH3 is 2. The summed E-state index contributed by atoms with van der Waals surface area (Å²) in [4.78, 5) is 7.04. The van der Waals surface area contributed by atoms with Gasteiger partial charge in [-0.05, 0) is 64.7 Å². The van der Waals surface area contributed by atoms with Gasteiger partial charge in [-0.3, -0.25) is 9.67 Å². The fourth-order valence-electron chi connectivity index (χ4n) is 7.48.